The monoisotopic (exact) mass is 341 g/mol. The number of rotatable bonds is 3. The summed E-state index contributed by atoms with van der Waals surface area (Å²) in [6.07, 6.45) is 5.55. The number of pyridine rings is 1. The van der Waals surface area contributed by atoms with Crippen LogP contribution < -0.4 is 11.1 Å². The fraction of sp³-hybridized carbons (Fsp3) is 0.353. The molecular weight excluding hydrogens is 322 g/mol. The molecule has 0 aliphatic heterocycles. The van der Waals surface area contributed by atoms with Crippen LogP contribution in [0.25, 0.3) is 21.9 Å². The first-order chi connectivity index (χ1) is 11.7. The van der Waals surface area contributed by atoms with Gasteiger partial charge in [-0.15, -0.1) is 11.3 Å². The van der Waals surface area contributed by atoms with Gasteiger partial charge in [-0.1, -0.05) is 6.07 Å². The largest absolute Gasteiger partial charge is 0.349 e. The molecule has 1 amide bonds. The van der Waals surface area contributed by atoms with Crippen LogP contribution in [0.5, 0.6) is 0 Å². The van der Waals surface area contributed by atoms with E-state index in [0.717, 1.165) is 36.4 Å². The third-order valence-electron chi connectivity index (χ3n) is 4.43. The first-order valence-corrected chi connectivity index (χ1v) is 9.03. The molecule has 0 aromatic carbocycles. The summed E-state index contributed by atoms with van der Waals surface area (Å²) >= 11 is 1.60. The van der Waals surface area contributed by atoms with Gasteiger partial charge in [0.1, 0.15) is 11.3 Å². The van der Waals surface area contributed by atoms with Gasteiger partial charge in [-0.25, -0.2) is 9.97 Å². The van der Waals surface area contributed by atoms with Crippen LogP contribution in [0.4, 0.5) is 0 Å². The lowest BCUT2D eigenvalue weighted by Gasteiger charge is -2.27. The van der Waals surface area contributed by atoms with Crippen molar-refractivity contribution in [2.75, 3.05) is 0 Å². The number of carbonyl (C=O) groups excluding carboxylic acids is 1. The number of nitrogens with zero attached hydrogens (tertiary/aromatic N) is 2. The van der Waals surface area contributed by atoms with Crippen molar-refractivity contribution < 1.29 is 4.79 Å². The summed E-state index contributed by atoms with van der Waals surface area (Å²) < 4.78 is 0. The summed E-state index contributed by atoms with van der Waals surface area (Å²) in [5.41, 5.74) is 7.80. The maximum Gasteiger partial charge on any atom is 0.253 e. The third kappa shape index (κ3) is 2.92. The first-order valence-electron chi connectivity index (χ1n) is 8.16. The summed E-state index contributed by atoms with van der Waals surface area (Å²) in [7, 11) is 0. The number of thiophene rings is 1. The van der Waals surface area contributed by atoms with Gasteiger partial charge < -0.3 is 16.0 Å². The molecule has 2 unspecified atom stereocenters. The van der Waals surface area contributed by atoms with Crippen molar-refractivity contribution in [1.29, 1.82) is 0 Å². The second kappa shape index (κ2) is 6.33. The normalized spacial score (nSPS) is 21.0. The molecule has 1 aliphatic carbocycles. The molecule has 0 bridgehead atoms. The Morgan fingerprint density at radius 1 is 1.38 bits per heavy atom. The lowest BCUT2D eigenvalue weighted by atomic mass is 9.91. The summed E-state index contributed by atoms with van der Waals surface area (Å²) in [5, 5.41) is 5.10. The van der Waals surface area contributed by atoms with E-state index < -0.39 is 0 Å². The number of aromatic nitrogens is 3. The number of H-pyrrole nitrogens is 1. The molecule has 0 saturated heterocycles. The number of nitrogens with one attached hydrogen (secondary N) is 2. The highest BCUT2D eigenvalue weighted by molar-refractivity contribution is 7.13. The summed E-state index contributed by atoms with van der Waals surface area (Å²) in [6.45, 7) is 0. The molecule has 124 valence electrons. The number of fused-ring (bicyclic) bond motifs is 1. The fourth-order valence-corrected chi connectivity index (χ4v) is 3.91. The van der Waals surface area contributed by atoms with Crippen LogP contribution in [-0.2, 0) is 0 Å². The second-order valence-electron chi connectivity index (χ2n) is 6.22. The van der Waals surface area contributed by atoms with Crippen molar-refractivity contribution >= 4 is 28.4 Å². The van der Waals surface area contributed by atoms with Gasteiger partial charge in [0.05, 0.1) is 10.4 Å². The molecule has 24 heavy (non-hydrogen) atoms. The number of hydrogen-bond donors (Lipinski definition) is 3. The molecule has 1 fully saturated rings. The van der Waals surface area contributed by atoms with Crippen molar-refractivity contribution in [3.05, 3.63) is 35.3 Å². The molecule has 1 aliphatic rings. The maximum absolute atomic E-state index is 12.7. The maximum atomic E-state index is 12.7. The summed E-state index contributed by atoms with van der Waals surface area (Å²) in [5.74, 6) is 0.637. The van der Waals surface area contributed by atoms with Gasteiger partial charge in [0, 0.05) is 18.3 Å². The van der Waals surface area contributed by atoms with E-state index in [1.54, 1.807) is 23.6 Å². The average molecular weight is 341 g/mol. The van der Waals surface area contributed by atoms with Crippen LogP contribution in [0.1, 0.15) is 36.0 Å². The highest BCUT2D eigenvalue weighted by atomic mass is 32.1. The highest BCUT2D eigenvalue weighted by Gasteiger charge is 2.23. The smallest absolute Gasteiger partial charge is 0.253 e. The van der Waals surface area contributed by atoms with Crippen LogP contribution in [-0.4, -0.2) is 32.9 Å². The fourth-order valence-electron chi connectivity index (χ4n) is 3.25. The van der Waals surface area contributed by atoms with Gasteiger partial charge in [-0.2, -0.15) is 0 Å². The molecule has 7 heteroatoms. The van der Waals surface area contributed by atoms with Crippen LogP contribution in [0.15, 0.2) is 29.8 Å². The van der Waals surface area contributed by atoms with Crippen molar-refractivity contribution in [3.63, 3.8) is 0 Å². The molecule has 2 atom stereocenters. The Balaban J connectivity index is 1.62. The minimum Gasteiger partial charge on any atom is -0.349 e. The number of carbonyl (C=O) groups is 1. The Kier molecular flexibility index (Phi) is 4.03. The van der Waals surface area contributed by atoms with E-state index in [4.69, 9.17) is 5.73 Å². The van der Waals surface area contributed by atoms with Crippen molar-refractivity contribution in [2.24, 2.45) is 5.73 Å². The van der Waals surface area contributed by atoms with Crippen molar-refractivity contribution in [3.8, 4) is 10.7 Å². The number of nitrogens with two attached hydrogens (primary N) is 1. The van der Waals surface area contributed by atoms with E-state index in [2.05, 4.69) is 20.3 Å². The zero-order valence-electron chi connectivity index (χ0n) is 13.2. The van der Waals surface area contributed by atoms with Crippen LogP contribution >= 0.6 is 11.3 Å². The van der Waals surface area contributed by atoms with E-state index >= 15 is 0 Å². The van der Waals surface area contributed by atoms with E-state index in [-0.39, 0.29) is 18.0 Å². The predicted octanol–water partition coefficient (Wildman–Crippen LogP) is 2.69. The topological polar surface area (TPSA) is 96.7 Å². The number of aromatic amines is 1. The average Bonchev–Trinajstić information content (AvgIpc) is 3.23. The Hall–Kier alpha value is -2.25. The number of amides is 1. The van der Waals surface area contributed by atoms with Gasteiger partial charge in [0.15, 0.2) is 5.65 Å². The Morgan fingerprint density at radius 2 is 2.29 bits per heavy atom. The molecular formula is C17H19N5OS. The van der Waals surface area contributed by atoms with Gasteiger partial charge >= 0.3 is 0 Å². The molecule has 3 heterocycles. The summed E-state index contributed by atoms with van der Waals surface area (Å²) in [6, 6.07) is 6.00. The van der Waals surface area contributed by atoms with Gasteiger partial charge in [0.25, 0.3) is 5.91 Å². The van der Waals surface area contributed by atoms with Crippen LogP contribution in [0.3, 0.4) is 0 Å². The highest BCUT2D eigenvalue weighted by Crippen LogP contribution is 2.25. The second-order valence-corrected chi connectivity index (χ2v) is 7.16. The van der Waals surface area contributed by atoms with Gasteiger partial charge in [-0.05, 0) is 43.2 Å². The van der Waals surface area contributed by atoms with Gasteiger partial charge in [-0.3, -0.25) is 4.79 Å². The van der Waals surface area contributed by atoms with E-state index in [0.29, 0.717) is 16.7 Å². The third-order valence-corrected chi connectivity index (χ3v) is 5.31. The van der Waals surface area contributed by atoms with Crippen molar-refractivity contribution in [2.45, 2.75) is 37.8 Å². The SMILES string of the molecule is NC1CCCC(NC(=O)c2ccnc3[nH]c(-c4cccs4)nc23)C1. The molecule has 3 aromatic rings. The Bertz CT molecular complexity index is 857. The van der Waals surface area contributed by atoms with Gasteiger partial charge in [0.2, 0.25) is 0 Å². The van der Waals surface area contributed by atoms with E-state index in [1.807, 2.05) is 17.5 Å². The van der Waals surface area contributed by atoms with E-state index in [9.17, 15) is 4.79 Å². The minimum absolute atomic E-state index is 0.106. The number of hydrogen-bond acceptors (Lipinski definition) is 5. The predicted molar refractivity (Wildman–Crippen MR) is 94.9 cm³/mol. The molecule has 1 saturated carbocycles. The quantitative estimate of drug-likeness (QED) is 0.682. The Labute approximate surface area is 143 Å². The molecule has 0 radical (unpaired) electrons. The van der Waals surface area contributed by atoms with E-state index in [1.165, 1.54) is 0 Å². The zero-order valence-corrected chi connectivity index (χ0v) is 14.0. The van der Waals surface area contributed by atoms with Crippen LogP contribution in [0, 0.1) is 0 Å². The van der Waals surface area contributed by atoms with Crippen molar-refractivity contribution in [1.82, 2.24) is 20.3 Å². The van der Waals surface area contributed by atoms with Crippen LogP contribution in [0.2, 0.25) is 0 Å². The Morgan fingerprint density at radius 3 is 3.08 bits per heavy atom. The zero-order chi connectivity index (χ0) is 16.5. The molecule has 3 aromatic heterocycles. The standard InChI is InChI=1S/C17H19N5OS/c18-10-3-1-4-11(9-10)20-17(23)12-6-7-19-16-14(12)21-15(22-16)13-5-2-8-24-13/h2,5-8,10-11H,1,3-4,9,18H2,(H,20,23)(H,19,21,22). The molecule has 4 rings (SSSR count). The minimum atomic E-state index is -0.106. The summed E-state index contributed by atoms with van der Waals surface area (Å²) in [4.78, 5) is 25.8. The first kappa shape index (κ1) is 15.3. The number of imidazole rings is 1. The molecule has 0 spiro atoms. The molecule has 6 nitrogen and oxygen atoms in total. The molecule has 4 N–H and O–H groups in total. The lowest BCUT2D eigenvalue weighted by molar-refractivity contribution is 0.0927. The lowest BCUT2D eigenvalue weighted by Crippen LogP contribution is -2.42.